The lowest BCUT2D eigenvalue weighted by molar-refractivity contribution is 0.669. The van der Waals surface area contributed by atoms with Crippen LogP contribution in [0.2, 0.25) is 0 Å². The van der Waals surface area contributed by atoms with E-state index in [1.165, 1.54) is 0 Å². The summed E-state index contributed by atoms with van der Waals surface area (Å²) in [6.07, 6.45) is 0. The Hall–Kier alpha value is -7.63. The van der Waals surface area contributed by atoms with Gasteiger partial charge in [-0.25, -0.2) is 15.0 Å². The second kappa shape index (κ2) is 13.0. The highest BCUT2D eigenvalue weighted by molar-refractivity contribution is 6.09. The SMILES string of the molecule is [2H]c1c([2H])c([2H])c(-c2c([2H])c([2H])c3oc4c([2H])c([2H])c(-c5nc(-c6cccc(-c7cccc(-c8ccccc8)c7)c6)nc(-c6c([2H])c([2H])c([2H])c7c6oc6c([2H])c([2H])c([2H])c([2H])c67)n5)c([2H])c4c3c2[2H])c([2H])c1[2H]. The third kappa shape index (κ3) is 5.53. The molecule has 0 aliphatic carbocycles. The molecule has 56 heavy (non-hydrogen) atoms. The molecule has 0 fully saturated rings. The minimum Gasteiger partial charge on any atom is -0.456 e. The van der Waals surface area contributed by atoms with Gasteiger partial charge in [0.25, 0.3) is 0 Å². The van der Waals surface area contributed by atoms with Gasteiger partial charge in [-0.05, 0) is 87.8 Å². The van der Waals surface area contributed by atoms with E-state index in [0.717, 1.165) is 16.7 Å². The summed E-state index contributed by atoms with van der Waals surface area (Å²) in [4.78, 5) is 14.2. The first-order chi connectivity index (χ1) is 35.2. The van der Waals surface area contributed by atoms with Crippen LogP contribution in [0.1, 0.15) is 24.7 Å². The molecule has 0 saturated carbocycles. The average Bonchev–Trinajstić information content (AvgIpc) is 4.02. The van der Waals surface area contributed by atoms with Gasteiger partial charge in [-0.1, -0.05) is 133 Å². The standard InChI is InChI=1S/C51H31N3O2/c1-3-12-32(13-4-1)34-16-9-17-35(28-34)36-18-10-19-38(29-36)49-52-50(54-51(53-49)42-22-11-21-41-40-20-7-8-23-45(40)56-48(41)42)39-25-27-47-44(31-39)43-30-37(24-26-46(43)55-47)33-14-5-2-6-15-33/h1-31H/i2D,5D,6D,7D,8D,11D,14D,15D,20D,21D,22D,23D,24D,25D,26D,27D,30D,31D. The lowest BCUT2D eigenvalue weighted by Crippen LogP contribution is -2.00. The molecule has 5 nitrogen and oxygen atoms in total. The van der Waals surface area contributed by atoms with Gasteiger partial charge in [-0.3, -0.25) is 0 Å². The van der Waals surface area contributed by atoms with Gasteiger partial charge in [0.1, 0.15) is 22.3 Å². The number of aromatic nitrogens is 3. The highest BCUT2D eigenvalue weighted by Gasteiger charge is 2.19. The molecule has 0 amide bonds. The zero-order chi connectivity index (χ0) is 52.7. The fourth-order valence-electron chi connectivity index (χ4n) is 6.57. The minimum atomic E-state index is -0.764. The van der Waals surface area contributed by atoms with Crippen molar-refractivity contribution in [1.29, 1.82) is 0 Å². The van der Waals surface area contributed by atoms with E-state index >= 15 is 0 Å². The fourth-order valence-corrected chi connectivity index (χ4v) is 6.57. The lowest BCUT2D eigenvalue weighted by Gasteiger charge is -2.11. The van der Waals surface area contributed by atoms with Crippen LogP contribution in [0.5, 0.6) is 0 Å². The molecule has 0 radical (unpaired) electrons. The van der Waals surface area contributed by atoms with E-state index in [1.54, 1.807) is 18.2 Å². The Morgan fingerprint density at radius 3 is 1.71 bits per heavy atom. The maximum atomic E-state index is 9.77. The topological polar surface area (TPSA) is 65.0 Å². The molecule has 0 saturated heterocycles. The molecule has 0 atom stereocenters. The van der Waals surface area contributed by atoms with Crippen molar-refractivity contribution in [3.8, 4) is 67.5 Å². The maximum Gasteiger partial charge on any atom is 0.167 e. The molecule has 11 aromatic rings. The highest BCUT2D eigenvalue weighted by atomic mass is 16.3. The van der Waals surface area contributed by atoms with Crippen LogP contribution in [0.15, 0.2) is 196 Å². The average molecular weight is 736 g/mol. The number of nitrogens with zero attached hydrogens (tertiary/aromatic N) is 3. The molecule has 262 valence electrons. The molecule has 3 heterocycles. The summed E-state index contributed by atoms with van der Waals surface area (Å²) >= 11 is 0. The Kier molecular flexibility index (Phi) is 4.33. The first-order valence-corrected chi connectivity index (χ1v) is 17.2. The van der Waals surface area contributed by atoms with E-state index in [9.17, 15) is 6.85 Å². The molecule has 5 heteroatoms. The molecular weight excluding hydrogens is 687 g/mol. The van der Waals surface area contributed by atoms with Crippen molar-refractivity contribution in [3.05, 3.63) is 188 Å². The van der Waals surface area contributed by atoms with Crippen LogP contribution in [0.25, 0.3) is 111 Å². The number of rotatable bonds is 6. The van der Waals surface area contributed by atoms with Crippen molar-refractivity contribution >= 4 is 43.9 Å². The van der Waals surface area contributed by atoms with Crippen molar-refractivity contribution < 1.29 is 33.5 Å². The number of hydrogen-bond acceptors (Lipinski definition) is 5. The number of furan rings is 2. The van der Waals surface area contributed by atoms with Crippen molar-refractivity contribution in [2.45, 2.75) is 0 Å². The normalized spacial score (nSPS) is 16.1. The van der Waals surface area contributed by atoms with E-state index in [1.807, 2.05) is 60.7 Å². The summed E-state index contributed by atoms with van der Waals surface area (Å²) in [5, 5.41) is -1.18. The van der Waals surface area contributed by atoms with Gasteiger partial charge in [0, 0.05) is 32.7 Å². The van der Waals surface area contributed by atoms with Gasteiger partial charge in [0.2, 0.25) is 0 Å². The molecule has 8 aromatic carbocycles. The lowest BCUT2D eigenvalue weighted by atomic mass is 9.98. The predicted molar refractivity (Wildman–Crippen MR) is 227 cm³/mol. The number of benzene rings is 8. The van der Waals surface area contributed by atoms with Gasteiger partial charge in [-0.15, -0.1) is 0 Å². The van der Waals surface area contributed by atoms with Crippen LogP contribution >= 0.6 is 0 Å². The Labute approximate surface area is 347 Å². The zero-order valence-electron chi connectivity index (χ0n) is 46.7. The van der Waals surface area contributed by atoms with E-state index in [2.05, 4.69) is 4.98 Å². The summed E-state index contributed by atoms with van der Waals surface area (Å²) in [6.45, 7) is 0. The van der Waals surface area contributed by atoms with E-state index < -0.39 is 148 Å². The van der Waals surface area contributed by atoms with E-state index in [-0.39, 0.29) is 44.1 Å². The fraction of sp³-hybridized carbons (Fsp3) is 0. The monoisotopic (exact) mass is 735 g/mol. The maximum absolute atomic E-state index is 9.77. The second-order valence-corrected chi connectivity index (χ2v) is 12.6. The van der Waals surface area contributed by atoms with Crippen LogP contribution in [0.3, 0.4) is 0 Å². The van der Waals surface area contributed by atoms with Crippen LogP contribution in [0, 0.1) is 0 Å². The quantitative estimate of drug-likeness (QED) is 0.170. The van der Waals surface area contributed by atoms with Crippen LogP contribution in [-0.4, -0.2) is 15.0 Å². The molecule has 0 unspecified atom stereocenters. The molecule has 3 aromatic heterocycles. The smallest absolute Gasteiger partial charge is 0.167 e. The molecule has 11 rings (SSSR count). The molecule has 0 N–H and O–H groups in total. The van der Waals surface area contributed by atoms with Crippen molar-refractivity contribution in [2.24, 2.45) is 0 Å². The number of hydrogen-bond donors (Lipinski definition) is 0. The summed E-state index contributed by atoms with van der Waals surface area (Å²) in [7, 11) is 0. The summed E-state index contributed by atoms with van der Waals surface area (Å²) < 4.78 is 171. The third-order valence-corrected chi connectivity index (χ3v) is 9.20. The first kappa shape index (κ1) is 18.6. The Morgan fingerprint density at radius 1 is 0.357 bits per heavy atom. The first-order valence-electron chi connectivity index (χ1n) is 26.2. The minimum absolute atomic E-state index is 0.139. The number of fused-ring (bicyclic) bond motifs is 6. The predicted octanol–water partition coefficient (Wildman–Crippen LogP) is 13.7. The van der Waals surface area contributed by atoms with Gasteiger partial charge < -0.3 is 8.83 Å². The molecule has 0 aliphatic rings. The highest BCUT2D eigenvalue weighted by Crippen LogP contribution is 2.38. The Bertz CT molecular complexity index is 4280. The Balaban J connectivity index is 1.23. The summed E-state index contributed by atoms with van der Waals surface area (Å²) in [6, 6.07) is 12.1. The van der Waals surface area contributed by atoms with Crippen molar-refractivity contribution in [1.82, 2.24) is 15.0 Å². The number of para-hydroxylation sites is 2. The molecular formula is C51H31N3O2. The summed E-state index contributed by atoms with van der Waals surface area (Å²) in [5.41, 5.74) is 0.122. The Morgan fingerprint density at radius 2 is 0.929 bits per heavy atom. The molecule has 0 spiro atoms. The van der Waals surface area contributed by atoms with Crippen LogP contribution < -0.4 is 0 Å². The molecule has 0 aliphatic heterocycles. The summed E-state index contributed by atoms with van der Waals surface area (Å²) in [5.74, 6) is -1.05. The van der Waals surface area contributed by atoms with E-state index in [4.69, 9.17) is 36.6 Å². The van der Waals surface area contributed by atoms with Gasteiger partial charge >= 0.3 is 0 Å². The third-order valence-electron chi connectivity index (χ3n) is 9.20. The van der Waals surface area contributed by atoms with Gasteiger partial charge in [0.15, 0.2) is 17.5 Å². The van der Waals surface area contributed by atoms with E-state index in [0.29, 0.717) is 11.1 Å². The van der Waals surface area contributed by atoms with Crippen LogP contribution in [-0.2, 0) is 0 Å². The van der Waals surface area contributed by atoms with Crippen LogP contribution in [0.4, 0.5) is 0 Å². The van der Waals surface area contributed by atoms with Gasteiger partial charge in [0.05, 0.1) is 30.2 Å². The van der Waals surface area contributed by atoms with Gasteiger partial charge in [-0.2, -0.15) is 0 Å². The zero-order valence-corrected chi connectivity index (χ0v) is 28.7. The van der Waals surface area contributed by atoms with Crippen molar-refractivity contribution in [2.75, 3.05) is 0 Å². The molecule has 0 bridgehead atoms. The van der Waals surface area contributed by atoms with Crippen molar-refractivity contribution in [3.63, 3.8) is 0 Å². The largest absolute Gasteiger partial charge is 0.456 e. The second-order valence-electron chi connectivity index (χ2n) is 12.6.